The highest BCUT2D eigenvalue weighted by Crippen LogP contribution is 2.29. The van der Waals surface area contributed by atoms with Gasteiger partial charge in [0.25, 0.3) is 0 Å². The minimum absolute atomic E-state index is 0.125. The van der Waals surface area contributed by atoms with Gasteiger partial charge in [-0.05, 0) is 29.7 Å². The van der Waals surface area contributed by atoms with Crippen LogP contribution in [-0.2, 0) is 17.8 Å². The second kappa shape index (κ2) is 4.66. The van der Waals surface area contributed by atoms with Crippen LogP contribution >= 0.6 is 22.9 Å². The van der Waals surface area contributed by atoms with Crippen LogP contribution in [-0.4, -0.2) is 16.1 Å². The number of aryl methyl sites for hydroxylation is 1. The number of halogens is 1. The maximum Gasteiger partial charge on any atom is 0.227 e. The summed E-state index contributed by atoms with van der Waals surface area (Å²) in [7, 11) is 0. The highest BCUT2D eigenvalue weighted by atomic mass is 35.5. The van der Waals surface area contributed by atoms with Crippen LogP contribution in [0.15, 0.2) is 24.3 Å². The lowest BCUT2D eigenvalue weighted by molar-refractivity contribution is -0.119. The molecule has 0 atom stereocenters. The van der Waals surface area contributed by atoms with E-state index in [-0.39, 0.29) is 5.91 Å². The number of amides is 1. The molecule has 1 aromatic heterocycles. The van der Waals surface area contributed by atoms with Gasteiger partial charge in [0.2, 0.25) is 10.4 Å². The van der Waals surface area contributed by atoms with Gasteiger partial charge in [0.15, 0.2) is 0 Å². The number of rotatable bonds is 2. The van der Waals surface area contributed by atoms with Gasteiger partial charge in [-0.3, -0.25) is 4.79 Å². The molecule has 0 spiro atoms. The Hall–Kier alpha value is -1.46. The number of aromatic nitrogens is 2. The number of hydrogen-bond acceptors (Lipinski definition) is 4. The number of benzene rings is 1. The lowest BCUT2D eigenvalue weighted by Crippen LogP contribution is -2.34. The van der Waals surface area contributed by atoms with Crippen molar-refractivity contribution in [2.24, 2.45) is 0 Å². The fraction of sp³-hybridized carbons (Fsp3) is 0.250. The van der Waals surface area contributed by atoms with Gasteiger partial charge in [-0.1, -0.05) is 29.5 Å². The molecule has 0 radical (unpaired) electrons. The zero-order chi connectivity index (χ0) is 12.5. The Bertz CT molecular complexity index is 599. The second-order valence-corrected chi connectivity index (χ2v) is 5.70. The topological polar surface area (TPSA) is 46.1 Å². The summed E-state index contributed by atoms with van der Waals surface area (Å²) >= 11 is 7.06. The Morgan fingerprint density at radius 1 is 1.28 bits per heavy atom. The van der Waals surface area contributed by atoms with E-state index in [0.29, 0.717) is 17.4 Å². The average Bonchev–Trinajstić information content (AvgIpc) is 2.79. The highest BCUT2D eigenvalue weighted by Gasteiger charge is 2.24. The van der Waals surface area contributed by atoms with Gasteiger partial charge in [-0.25, -0.2) is 0 Å². The number of nitrogens with zero attached hydrogens (tertiary/aromatic N) is 3. The molecule has 1 aliphatic heterocycles. The first kappa shape index (κ1) is 11.6. The number of carbonyl (C=O) groups is 1. The third-order valence-corrected chi connectivity index (χ3v) is 3.93. The van der Waals surface area contributed by atoms with Gasteiger partial charge in [-0.2, -0.15) is 0 Å². The molecule has 0 unspecified atom stereocenters. The van der Waals surface area contributed by atoms with Crippen LogP contribution in [0.5, 0.6) is 0 Å². The Labute approximate surface area is 113 Å². The lowest BCUT2D eigenvalue weighted by atomic mass is 10.0. The van der Waals surface area contributed by atoms with Crippen molar-refractivity contribution in [1.82, 2.24) is 10.2 Å². The van der Waals surface area contributed by atoms with Crippen molar-refractivity contribution in [3.63, 3.8) is 0 Å². The molecule has 0 N–H and O–H groups in total. The van der Waals surface area contributed by atoms with Crippen molar-refractivity contribution in [1.29, 1.82) is 0 Å². The first-order chi connectivity index (χ1) is 8.74. The van der Waals surface area contributed by atoms with Gasteiger partial charge in [0.05, 0.1) is 6.54 Å². The Morgan fingerprint density at radius 3 is 2.89 bits per heavy atom. The minimum Gasteiger partial charge on any atom is -0.305 e. The van der Waals surface area contributed by atoms with Crippen molar-refractivity contribution >= 4 is 34.5 Å². The van der Waals surface area contributed by atoms with Crippen LogP contribution in [0.3, 0.4) is 0 Å². The lowest BCUT2D eigenvalue weighted by Gasteiger charge is -2.28. The average molecular weight is 280 g/mol. The SMILES string of the molecule is O=C1CCc2ccccc2N1Cc1nnc(Cl)s1. The summed E-state index contributed by atoms with van der Waals surface area (Å²) in [6.45, 7) is 0.445. The molecule has 4 nitrogen and oxygen atoms in total. The van der Waals surface area contributed by atoms with Gasteiger partial charge in [0, 0.05) is 12.1 Å². The number of carbonyl (C=O) groups excluding carboxylic acids is 1. The largest absolute Gasteiger partial charge is 0.305 e. The molecule has 6 heteroatoms. The zero-order valence-corrected chi connectivity index (χ0v) is 11.0. The van der Waals surface area contributed by atoms with E-state index < -0.39 is 0 Å². The Balaban J connectivity index is 1.93. The summed E-state index contributed by atoms with van der Waals surface area (Å²) in [5.74, 6) is 0.125. The minimum atomic E-state index is 0.125. The maximum atomic E-state index is 12.0. The predicted molar refractivity (Wildman–Crippen MR) is 70.9 cm³/mol. The van der Waals surface area contributed by atoms with Gasteiger partial charge < -0.3 is 4.90 Å². The van der Waals surface area contributed by atoms with E-state index in [1.807, 2.05) is 18.2 Å². The first-order valence-electron chi connectivity index (χ1n) is 5.60. The van der Waals surface area contributed by atoms with E-state index in [4.69, 9.17) is 11.6 Å². The molecule has 92 valence electrons. The number of fused-ring (bicyclic) bond motifs is 1. The standard InChI is InChI=1S/C12H10ClN3OS/c13-12-15-14-10(18-12)7-16-9-4-2-1-3-8(9)5-6-11(16)17/h1-4H,5-7H2. The van der Waals surface area contributed by atoms with Crippen LogP contribution in [0, 0.1) is 0 Å². The van der Waals surface area contributed by atoms with E-state index in [9.17, 15) is 4.79 Å². The van der Waals surface area contributed by atoms with Crippen molar-refractivity contribution in [3.05, 3.63) is 39.3 Å². The third-order valence-electron chi connectivity index (χ3n) is 2.93. The Morgan fingerprint density at radius 2 is 2.11 bits per heavy atom. The van der Waals surface area contributed by atoms with Crippen LogP contribution < -0.4 is 4.90 Å². The van der Waals surface area contributed by atoms with Gasteiger partial charge >= 0.3 is 0 Å². The summed E-state index contributed by atoms with van der Waals surface area (Å²) in [5, 5.41) is 8.47. The van der Waals surface area contributed by atoms with E-state index in [1.54, 1.807) is 4.90 Å². The monoisotopic (exact) mass is 279 g/mol. The van der Waals surface area contributed by atoms with Crippen molar-refractivity contribution in [3.8, 4) is 0 Å². The van der Waals surface area contributed by atoms with Crippen LogP contribution in [0.1, 0.15) is 17.0 Å². The molecule has 0 fully saturated rings. The maximum absolute atomic E-state index is 12.0. The van der Waals surface area contributed by atoms with Crippen molar-refractivity contribution in [2.75, 3.05) is 4.90 Å². The zero-order valence-electron chi connectivity index (χ0n) is 9.47. The Kier molecular flexibility index (Phi) is 3.01. The molecule has 1 aliphatic rings. The number of anilines is 1. The molecular formula is C12H10ClN3OS. The van der Waals surface area contributed by atoms with E-state index in [1.165, 1.54) is 16.9 Å². The second-order valence-electron chi connectivity index (χ2n) is 4.06. The molecule has 0 saturated heterocycles. The van der Waals surface area contributed by atoms with Crippen LogP contribution in [0.25, 0.3) is 0 Å². The summed E-state index contributed by atoms with van der Waals surface area (Å²) in [4.78, 5) is 13.8. The quantitative estimate of drug-likeness (QED) is 0.849. The molecule has 2 aromatic rings. The van der Waals surface area contributed by atoms with E-state index in [2.05, 4.69) is 16.3 Å². The normalized spacial score (nSPS) is 14.7. The van der Waals surface area contributed by atoms with E-state index in [0.717, 1.165) is 17.1 Å². The highest BCUT2D eigenvalue weighted by molar-refractivity contribution is 7.15. The molecule has 0 saturated carbocycles. The van der Waals surface area contributed by atoms with E-state index >= 15 is 0 Å². The fourth-order valence-electron chi connectivity index (χ4n) is 2.10. The fourth-order valence-corrected chi connectivity index (χ4v) is 2.96. The third kappa shape index (κ3) is 2.11. The smallest absolute Gasteiger partial charge is 0.227 e. The number of hydrogen-bond donors (Lipinski definition) is 0. The summed E-state index contributed by atoms with van der Waals surface area (Å²) < 4.78 is 0.405. The van der Waals surface area contributed by atoms with Crippen molar-refractivity contribution in [2.45, 2.75) is 19.4 Å². The summed E-state index contributed by atoms with van der Waals surface area (Å²) in [6.07, 6.45) is 1.35. The van der Waals surface area contributed by atoms with Crippen LogP contribution in [0.4, 0.5) is 5.69 Å². The molecular weight excluding hydrogens is 270 g/mol. The number of para-hydroxylation sites is 1. The first-order valence-corrected chi connectivity index (χ1v) is 6.79. The molecule has 3 rings (SSSR count). The van der Waals surface area contributed by atoms with Gasteiger partial charge in [0.1, 0.15) is 5.01 Å². The predicted octanol–water partition coefficient (Wildman–Crippen LogP) is 2.67. The van der Waals surface area contributed by atoms with Gasteiger partial charge in [-0.15, -0.1) is 10.2 Å². The summed E-state index contributed by atoms with van der Waals surface area (Å²) in [6, 6.07) is 7.96. The van der Waals surface area contributed by atoms with Crippen LogP contribution in [0.2, 0.25) is 4.47 Å². The van der Waals surface area contributed by atoms with Crippen molar-refractivity contribution < 1.29 is 4.79 Å². The molecule has 1 amide bonds. The molecule has 0 aliphatic carbocycles. The summed E-state index contributed by atoms with van der Waals surface area (Å²) in [5.41, 5.74) is 2.17. The molecule has 2 heterocycles. The molecule has 18 heavy (non-hydrogen) atoms. The molecule has 0 bridgehead atoms. The molecule has 1 aromatic carbocycles.